The first kappa shape index (κ1) is 25.6. The highest BCUT2D eigenvalue weighted by Crippen LogP contribution is 2.33. The lowest BCUT2D eigenvalue weighted by Gasteiger charge is -2.20. The summed E-state index contributed by atoms with van der Waals surface area (Å²) in [5, 5.41) is 3.35. The second kappa shape index (κ2) is 11.5. The van der Waals surface area contributed by atoms with Crippen LogP contribution >= 0.6 is 23.4 Å². The molecule has 1 fully saturated rings. The minimum Gasteiger partial charge on any atom is -0.353 e. The number of para-hydroxylation sites is 1. The van der Waals surface area contributed by atoms with Gasteiger partial charge in [0.1, 0.15) is 5.82 Å². The molecule has 186 valence electrons. The lowest BCUT2D eigenvalue weighted by molar-refractivity contribution is -0.124. The third kappa shape index (κ3) is 6.01. The predicted octanol–water partition coefficient (Wildman–Crippen LogP) is 3.25. The van der Waals surface area contributed by atoms with Gasteiger partial charge in [0.2, 0.25) is 5.91 Å². The highest BCUT2D eigenvalue weighted by atomic mass is 35.5. The molecule has 1 saturated heterocycles. The smallest absolute Gasteiger partial charge is 0.293 e. The van der Waals surface area contributed by atoms with Crippen molar-refractivity contribution in [3.05, 3.63) is 80.2 Å². The summed E-state index contributed by atoms with van der Waals surface area (Å²) in [6.45, 7) is 3.00. The maximum absolute atomic E-state index is 12.7. The minimum absolute atomic E-state index is 0.0575. The van der Waals surface area contributed by atoms with Gasteiger partial charge in [-0.05, 0) is 48.1 Å². The number of rotatable bonds is 9. The van der Waals surface area contributed by atoms with Crippen LogP contribution in [0, 0.1) is 0 Å². The highest BCUT2D eigenvalue weighted by molar-refractivity contribution is 8.18. The molecule has 0 atom stereocenters. The van der Waals surface area contributed by atoms with Crippen LogP contribution in [-0.2, 0) is 16.1 Å². The fraction of sp³-hybridized carbons (Fsp3) is 0.240. The average Bonchev–Trinajstić information content (AvgIpc) is 3.12. The van der Waals surface area contributed by atoms with Crippen molar-refractivity contribution in [1.29, 1.82) is 0 Å². The Hall–Kier alpha value is -3.47. The summed E-state index contributed by atoms with van der Waals surface area (Å²) >= 11 is 6.99. The van der Waals surface area contributed by atoms with Crippen molar-refractivity contribution in [3.8, 4) is 0 Å². The van der Waals surface area contributed by atoms with Gasteiger partial charge < -0.3 is 10.3 Å². The third-order valence-corrected chi connectivity index (χ3v) is 6.82. The monoisotopic (exact) mass is 525 g/mol. The first-order valence-electron chi connectivity index (χ1n) is 11.3. The molecular formula is C25H24ClN5O4S. The maximum Gasteiger partial charge on any atom is 0.293 e. The average molecular weight is 526 g/mol. The number of amides is 3. The number of carbonyl (C=O) groups excluding carboxylic acids is 3. The van der Waals surface area contributed by atoms with Crippen LogP contribution in [0.4, 0.5) is 4.79 Å². The summed E-state index contributed by atoms with van der Waals surface area (Å²) < 4.78 is 0. The lowest BCUT2D eigenvalue weighted by atomic mass is 10.2. The molecule has 36 heavy (non-hydrogen) atoms. The number of aromatic nitrogens is 2. The van der Waals surface area contributed by atoms with Gasteiger partial charge in [0.05, 0.1) is 28.9 Å². The zero-order valence-electron chi connectivity index (χ0n) is 19.5. The van der Waals surface area contributed by atoms with Crippen molar-refractivity contribution in [2.45, 2.75) is 13.5 Å². The van der Waals surface area contributed by atoms with E-state index in [4.69, 9.17) is 11.6 Å². The molecule has 0 saturated carbocycles. The summed E-state index contributed by atoms with van der Waals surface area (Å²) in [6.07, 6.45) is 1.59. The van der Waals surface area contributed by atoms with Crippen LogP contribution in [0.3, 0.4) is 0 Å². The zero-order valence-corrected chi connectivity index (χ0v) is 21.1. The molecule has 0 spiro atoms. The second-order valence-corrected chi connectivity index (χ2v) is 9.44. The Labute approximate surface area is 216 Å². The van der Waals surface area contributed by atoms with Gasteiger partial charge in [-0.2, -0.15) is 0 Å². The Kier molecular flexibility index (Phi) is 8.19. The van der Waals surface area contributed by atoms with Crippen LogP contribution in [0.1, 0.15) is 18.3 Å². The molecule has 11 heteroatoms. The quantitative estimate of drug-likeness (QED) is 0.412. The minimum atomic E-state index is -0.416. The number of hydrogen-bond acceptors (Lipinski definition) is 7. The topological polar surface area (TPSA) is 115 Å². The Bertz CT molecular complexity index is 1410. The lowest BCUT2D eigenvalue weighted by Crippen LogP contribution is -2.41. The Morgan fingerprint density at radius 3 is 2.69 bits per heavy atom. The fourth-order valence-corrected chi connectivity index (χ4v) is 4.74. The molecule has 1 aliphatic heterocycles. The van der Waals surface area contributed by atoms with Gasteiger partial charge in [-0.15, -0.1) is 0 Å². The summed E-state index contributed by atoms with van der Waals surface area (Å²) in [4.78, 5) is 60.3. The number of thioether (sulfide) groups is 1. The number of halogens is 1. The summed E-state index contributed by atoms with van der Waals surface area (Å²) in [6, 6.07) is 14.1. The Balaban J connectivity index is 1.30. The van der Waals surface area contributed by atoms with Crippen molar-refractivity contribution < 1.29 is 14.4 Å². The molecule has 0 bridgehead atoms. The van der Waals surface area contributed by atoms with E-state index in [0.717, 1.165) is 16.7 Å². The number of carbonyl (C=O) groups is 3. The Morgan fingerprint density at radius 2 is 1.92 bits per heavy atom. The largest absolute Gasteiger partial charge is 0.353 e. The number of benzene rings is 2. The molecule has 3 amide bonds. The van der Waals surface area contributed by atoms with Gasteiger partial charge in [-0.25, -0.2) is 4.98 Å². The van der Waals surface area contributed by atoms with Crippen LogP contribution in [0.25, 0.3) is 17.0 Å². The van der Waals surface area contributed by atoms with Crippen molar-refractivity contribution >= 4 is 57.4 Å². The number of H-pyrrole nitrogens is 1. The van der Waals surface area contributed by atoms with Crippen LogP contribution < -0.4 is 10.9 Å². The SMILES string of the molecule is CCN(CC(=O)NCCN1C(=O)SC(=Cc2ccccc2Cl)C1=O)Cc1nc2ccccc2c(=O)[nH]1. The number of nitrogens with one attached hydrogen (secondary N) is 2. The molecule has 3 aromatic rings. The molecule has 2 heterocycles. The van der Waals surface area contributed by atoms with Gasteiger partial charge in [-0.1, -0.05) is 48.9 Å². The molecule has 2 N–H and O–H groups in total. The van der Waals surface area contributed by atoms with E-state index in [2.05, 4.69) is 15.3 Å². The predicted molar refractivity (Wildman–Crippen MR) is 140 cm³/mol. The van der Waals surface area contributed by atoms with Crippen LogP contribution in [0.15, 0.2) is 58.2 Å². The van der Waals surface area contributed by atoms with E-state index in [9.17, 15) is 19.2 Å². The van der Waals surface area contributed by atoms with Crippen molar-refractivity contribution in [1.82, 2.24) is 25.1 Å². The van der Waals surface area contributed by atoms with Gasteiger partial charge in [0.15, 0.2) is 0 Å². The fourth-order valence-electron chi connectivity index (χ4n) is 3.69. The van der Waals surface area contributed by atoms with Crippen molar-refractivity contribution in [2.24, 2.45) is 0 Å². The van der Waals surface area contributed by atoms with E-state index in [1.807, 2.05) is 17.9 Å². The molecule has 0 unspecified atom stereocenters. The molecule has 4 rings (SSSR count). The van der Waals surface area contributed by atoms with Crippen LogP contribution in [0.5, 0.6) is 0 Å². The molecule has 1 aliphatic rings. The number of nitrogens with zero attached hydrogens (tertiary/aromatic N) is 3. The Morgan fingerprint density at radius 1 is 1.17 bits per heavy atom. The summed E-state index contributed by atoms with van der Waals surface area (Å²) in [5.41, 5.74) is 1.02. The van der Waals surface area contributed by atoms with Crippen molar-refractivity contribution in [2.75, 3.05) is 26.2 Å². The molecule has 2 aromatic carbocycles. The van der Waals surface area contributed by atoms with E-state index < -0.39 is 11.1 Å². The van der Waals surface area contributed by atoms with E-state index in [1.54, 1.807) is 48.5 Å². The first-order valence-corrected chi connectivity index (χ1v) is 12.5. The van der Waals surface area contributed by atoms with E-state index in [-0.39, 0.29) is 36.0 Å². The maximum atomic E-state index is 12.7. The first-order chi connectivity index (χ1) is 17.4. The summed E-state index contributed by atoms with van der Waals surface area (Å²) in [7, 11) is 0. The van der Waals surface area contributed by atoms with Crippen LogP contribution in [-0.4, -0.2) is 63.0 Å². The van der Waals surface area contributed by atoms with E-state index >= 15 is 0 Å². The third-order valence-electron chi connectivity index (χ3n) is 5.57. The number of likely N-dealkylation sites (N-methyl/N-ethyl adjacent to an activating group) is 1. The van der Waals surface area contributed by atoms with Gasteiger partial charge >= 0.3 is 0 Å². The van der Waals surface area contributed by atoms with Gasteiger partial charge in [-0.3, -0.25) is 29.0 Å². The number of imide groups is 1. The zero-order chi connectivity index (χ0) is 25.7. The molecule has 0 aliphatic carbocycles. The standard InChI is InChI=1S/C25H24ClN5O4S/c1-2-30(14-21-28-19-10-6-4-8-17(19)23(33)29-21)15-22(32)27-11-12-31-24(34)20(36-25(31)35)13-16-7-3-5-9-18(16)26/h3-10,13H,2,11-12,14-15H2,1H3,(H,27,32)(H,28,29,33). The van der Waals surface area contributed by atoms with Crippen LogP contribution in [0.2, 0.25) is 5.02 Å². The van der Waals surface area contributed by atoms with E-state index in [0.29, 0.717) is 40.4 Å². The van der Waals surface area contributed by atoms with E-state index in [1.165, 1.54) is 0 Å². The van der Waals surface area contributed by atoms with Gasteiger partial charge in [0.25, 0.3) is 16.7 Å². The number of hydrogen-bond donors (Lipinski definition) is 2. The molecule has 9 nitrogen and oxygen atoms in total. The molecular weight excluding hydrogens is 502 g/mol. The summed E-state index contributed by atoms with van der Waals surface area (Å²) in [5.74, 6) is -0.212. The number of fused-ring (bicyclic) bond motifs is 1. The second-order valence-electron chi connectivity index (χ2n) is 8.04. The highest BCUT2D eigenvalue weighted by Gasteiger charge is 2.34. The van der Waals surface area contributed by atoms with Gasteiger partial charge in [0, 0.05) is 18.1 Å². The number of aromatic amines is 1. The molecule has 1 aromatic heterocycles. The van der Waals surface area contributed by atoms with Crippen molar-refractivity contribution in [3.63, 3.8) is 0 Å². The normalized spacial score (nSPS) is 14.9. The molecule has 0 radical (unpaired) electrons.